The molecule has 0 saturated carbocycles. The third kappa shape index (κ3) is 8.12. The number of nitrogens with zero attached hydrogens (tertiary/aromatic N) is 4. The van der Waals surface area contributed by atoms with E-state index in [1.165, 1.54) is 31.5 Å². The fourth-order valence-corrected chi connectivity index (χ4v) is 3.97. The van der Waals surface area contributed by atoms with Crippen LogP contribution in [-0.2, 0) is 17.5 Å². The molecule has 0 atom stereocenters. The van der Waals surface area contributed by atoms with Crippen LogP contribution in [0.15, 0.2) is 54.9 Å². The van der Waals surface area contributed by atoms with E-state index in [0.717, 1.165) is 19.2 Å². The maximum absolute atomic E-state index is 13.8. The van der Waals surface area contributed by atoms with Gasteiger partial charge in [-0.2, -0.15) is 13.2 Å². The molecular formula is C26H28F3N7O3. The molecule has 3 amide bonds. The van der Waals surface area contributed by atoms with Crippen LogP contribution >= 0.6 is 0 Å². The number of likely N-dealkylation sites (N-methyl/N-ethyl adjacent to an activating group) is 1. The van der Waals surface area contributed by atoms with Gasteiger partial charge in [-0.1, -0.05) is 6.07 Å². The van der Waals surface area contributed by atoms with Gasteiger partial charge in [0.15, 0.2) is 0 Å². The van der Waals surface area contributed by atoms with E-state index in [0.29, 0.717) is 24.5 Å². The molecule has 1 fully saturated rings. The number of halogens is 3. The monoisotopic (exact) mass is 543 g/mol. The highest BCUT2D eigenvalue weighted by Crippen LogP contribution is 2.34. The molecule has 39 heavy (non-hydrogen) atoms. The summed E-state index contributed by atoms with van der Waals surface area (Å²) in [7, 11) is 1.98. The summed E-state index contributed by atoms with van der Waals surface area (Å²) in [4.78, 5) is 35.7. The number of hydrogen-bond donors (Lipinski definition) is 3. The second kappa shape index (κ2) is 12.1. The summed E-state index contributed by atoms with van der Waals surface area (Å²) in [5, 5.41) is 7.57. The molecule has 0 spiro atoms. The fourth-order valence-electron chi connectivity index (χ4n) is 3.97. The zero-order valence-electron chi connectivity index (χ0n) is 21.4. The van der Waals surface area contributed by atoms with Crippen molar-refractivity contribution in [2.45, 2.75) is 19.6 Å². The van der Waals surface area contributed by atoms with E-state index in [9.17, 15) is 22.8 Å². The predicted octanol–water partition coefficient (Wildman–Crippen LogP) is 4.64. The second-order valence-corrected chi connectivity index (χ2v) is 9.08. The Kier molecular flexibility index (Phi) is 8.62. The zero-order valence-corrected chi connectivity index (χ0v) is 21.4. The van der Waals surface area contributed by atoms with Gasteiger partial charge in [0, 0.05) is 57.1 Å². The van der Waals surface area contributed by atoms with Crippen LogP contribution in [0.25, 0.3) is 0 Å². The Hall–Kier alpha value is -4.23. The van der Waals surface area contributed by atoms with Gasteiger partial charge in [-0.3, -0.25) is 9.69 Å². The van der Waals surface area contributed by atoms with E-state index >= 15 is 0 Å². The first kappa shape index (κ1) is 27.8. The lowest BCUT2D eigenvalue weighted by Crippen LogP contribution is -2.44. The Labute approximate surface area is 223 Å². The topological polar surface area (TPSA) is 112 Å². The van der Waals surface area contributed by atoms with Gasteiger partial charge < -0.3 is 25.6 Å². The zero-order chi connectivity index (χ0) is 28.0. The normalized spacial score (nSPS) is 14.5. The van der Waals surface area contributed by atoms with Crippen LogP contribution in [0.2, 0.25) is 0 Å². The van der Waals surface area contributed by atoms with Gasteiger partial charge in [-0.15, -0.1) is 0 Å². The van der Waals surface area contributed by atoms with Gasteiger partial charge in [-0.05, 0) is 49.0 Å². The minimum Gasteiger partial charge on any atom is -0.439 e. The molecule has 0 unspecified atom stereocenters. The molecule has 4 rings (SSSR count). The van der Waals surface area contributed by atoms with Crippen molar-refractivity contribution in [1.82, 2.24) is 19.8 Å². The molecule has 3 aromatic rings. The number of benzene rings is 2. The maximum Gasteiger partial charge on any atom is 0.416 e. The summed E-state index contributed by atoms with van der Waals surface area (Å²) >= 11 is 0. The molecule has 13 heteroatoms. The molecule has 1 saturated heterocycles. The van der Waals surface area contributed by atoms with E-state index < -0.39 is 17.8 Å². The van der Waals surface area contributed by atoms with Crippen LogP contribution in [0.5, 0.6) is 11.6 Å². The molecular weight excluding hydrogens is 515 g/mol. The number of hydrogen-bond acceptors (Lipinski definition) is 7. The van der Waals surface area contributed by atoms with E-state index in [1.807, 2.05) is 11.9 Å². The van der Waals surface area contributed by atoms with Crippen molar-refractivity contribution >= 4 is 29.1 Å². The van der Waals surface area contributed by atoms with Crippen molar-refractivity contribution in [3.8, 4) is 11.6 Å². The lowest BCUT2D eigenvalue weighted by molar-refractivity contribution is -0.138. The van der Waals surface area contributed by atoms with Crippen molar-refractivity contribution in [3.05, 3.63) is 66.0 Å². The standard InChI is InChI=1S/C26H28F3N7O3/c1-17(37)32-23-14-24(31-16-30-23)39-21-7-5-19(6-8-21)33-25(38)34-20-4-3-18(22(13-20)26(27,28)29)15-36-11-9-35(2)10-12-36/h3-8,13-14,16H,9-12,15H2,1-2H3,(H2,33,34,38)(H,30,31,32,37). The highest BCUT2D eigenvalue weighted by Gasteiger charge is 2.34. The smallest absolute Gasteiger partial charge is 0.416 e. The van der Waals surface area contributed by atoms with Crippen molar-refractivity contribution in [2.75, 3.05) is 49.2 Å². The largest absolute Gasteiger partial charge is 0.439 e. The number of aromatic nitrogens is 2. The van der Waals surface area contributed by atoms with Crippen LogP contribution in [0.3, 0.4) is 0 Å². The summed E-state index contributed by atoms with van der Waals surface area (Å²) in [6.45, 7) is 4.52. The number of amides is 3. The Morgan fingerprint density at radius 1 is 0.923 bits per heavy atom. The molecule has 0 bridgehead atoms. The number of anilines is 3. The molecule has 10 nitrogen and oxygen atoms in total. The van der Waals surface area contributed by atoms with Crippen LogP contribution in [-0.4, -0.2) is 64.9 Å². The number of piperazine rings is 1. The van der Waals surface area contributed by atoms with Crippen LogP contribution < -0.4 is 20.7 Å². The van der Waals surface area contributed by atoms with E-state index in [-0.39, 0.29) is 35.4 Å². The van der Waals surface area contributed by atoms with Crippen LogP contribution in [0, 0.1) is 0 Å². The van der Waals surface area contributed by atoms with Gasteiger partial charge in [-0.25, -0.2) is 14.8 Å². The van der Waals surface area contributed by atoms with Gasteiger partial charge in [0.25, 0.3) is 0 Å². The quantitative estimate of drug-likeness (QED) is 0.398. The summed E-state index contributed by atoms with van der Waals surface area (Å²) in [5.41, 5.74) is -0.182. The van der Waals surface area contributed by atoms with Crippen molar-refractivity contribution in [2.24, 2.45) is 0 Å². The minimum atomic E-state index is -4.56. The highest BCUT2D eigenvalue weighted by molar-refractivity contribution is 5.99. The molecule has 0 aliphatic carbocycles. The summed E-state index contributed by atoms with van der Waals surface area (Å²) < 4.78 is 47.1. The first-order valence-electron chi connectivity index (χ1n) is 12.1. The van der Waals surface area contributed by atoms with Gasteiger partial charge in [0.05, 0.1) is 5.56 Å². The summed E-state index contributed by atoms with van der Waals surface area (Å²) in [6, 6.07) is 10.9. The first-order valence-corrected chi connectivity index (χ1v) is 12.1. The molecule has 3 N–H and O–H groups in total. The Morgan fingerprint density at radius 3 is 2.26 bits per heavy atom. The molecule has 2 heterocycles. The Balaban J connectivity index is 1.36. The van der Waals surface area contributed by atoms with Crippen LogP contribution in [0.4, 0.5) is 35.2 Å². The molecule has 206 valence electrons. The molecule has 1 aliphatic rings. The Bertz CT molecular complexity index is 1310. The number of carbonyl (C=O) groups excluding carboxylic acids is 2. The predicted molar refractivity (Wildman–Crippen MR) is 140 cm³/mol. The third-order valence-corrected chi connectivity index (χ3v) is 5.94. The fraction of sp³-hybridized carbons (Fsp3) is 0.308. The number of alkyl halides is 3. The maximum atomic E-state index is 13.8. The van der Waals surface area contributed by atoms with E-state index in [1.54, 1.807) is 24.3 Å². The van der Waals surface area contributed by atoms with Gasteiger partial charge >= 0.3 is 12.2 Å². The summed E-state index contributed by atoms with van der Waals surface area (Å²) in [5.74, 6) is 0.594. The van der Waals surface area contributed by atoms with Crippen molar-refractivity contribution in [3.63, 3.8) is 0 Å². The molecule has 0 radical (unpaired) electrons. The van der Waals surface area contributed by atoms with Gasteiger partial charge in [0.1, 0.15) is 17.9 Å². The lowest BCUT2D eigenvalue weighted by atomic mass is 10.0. The van der Waals surface area contributed by atoms with Crippen LogP contribution in [0.1, 0.15) is 18.1 Å². The number of carbonyl (C=O) groups is 2. The lowest BCUT2D eigenvalue weighted by Gasteiger charge is -2.33. The Morgan fingerprint density at radius 2 is 1.59 bits per heavy atom. The first-order chi connectivity index (χ1) is 18.5. The minimum absolute atomic E-state index is 0.0284. The van der Waals surface area contributed by atoms with Crippen molar-refractivity contribution in [1.29, 1.82) is 0 Å². The SMILES string of the molecule is CC(=O)Nc1cc(Oc2ccc(NC(=O)Nc3ccc(CN4CCN(C)CC4)c(C(F)(F)F)c3)cc2)ncn1. The molecule has 2 aromatic carbocycles. The van der Waals surface area contributed by atoms with E-state index in [2.05, 4.69) is 30.8 Å². The van der Waals surface area contributed by atoms with E-state index in [4.69, 9.17) is 4.74 Å². The average molecular weight is 544 g/mol. The summed E-state index contributed by atoms with van der Waals surface area (Å²) in [6.07, 6.45) is -3.32. The molecule has 1 aromatic heterocycles. The number of urea groups is 1. The third-order valence-electron chi connectivity index (χ3n) is 5.94. The average Bonchev–Trinajstić information content (AvgIpc) is 2.87. The molecule has 1 aliphatic heterocycles. The van der Waals surface area contributed by atoms with Gasteiger partial charge in [0.2, 0.25) is 11.8 Å². The second-order valence-electron chi connectivity index (χ2n) is 9.08. The highest BCUT2D eigenvalue weighted by atomic mass is 19.4. The number of nitrogens with one attached hydrogen (secondary N) is 3. The number of rotatable bonds is 7. The number of ether oxygens (including phenoxy) is 1. The van der Waals surface area contributed by atoms with Crippen molar-refractivity contribution < 1.29 is 27.5 Å².